The van der Waals surface area contributed by atoms with Gasteiger partial charge in [-0.1, -0.05) is 12.1 Å². The summed E-state index contributed by atoms with van der Waals surface area (Å²) >= 11 is 1.30. The molecule has 3 aromatic rings. The molecule has 0 fully saturated rings. The van der Waals surface area contributed by atoms with Crippen molar-refractivity contribution in [3.05, 3.63) is 51.7 Å². The first-order valence-corrected chi connectivity index (χ1v) is 6.85. The monoisotopic (exact) mass is 303 g/mol. The van der Waals surface area contributed by atoms with E-state index in [0.29, 0.717) is 21.9 Å². The van der Waals surface area contributed by atoms with E-state index in [1.54, 1.807) is 34.2 Å². The molecule has 7 nitrogen and oxygen atoms in total. The smallest absolute Gasteiger partial charge is 0.309 e. The van der Waals surface area contributed by atoms with Gasteiger partial charge in [0.1, 0.15) is 0 Å². The van der Waals surface area contributed by atoms with E-state index in [0.717, 1.165) is 0 Å². The van der Waals surface area contributed by atoms with Crippen molar-refractivity contribution in [2.75, 3.05) is 0 Å². The van der Waals surface area contributed by atoms with E-state index in [4.69, 9.17) is 5.11 Å². The largest absolute Gasteiger partial charge is 0.481 e. The molecule has 21 heavy (non-hydrogen) atoms. The number of benzene rings is 1. The van der Waals surface area contributed by atoms with Gasteiger partial charge in [-0.05, 0) is 6.07 Å². The van der Waals surface area contributed by atoms with Crippen LogP contribution in [0.4, 0.5) is 5.69 Å². The zero-order chi connectivity index (χ0) is 15.0. The first kappa shape index (κ1) is 13.3. The molecule has 0 spiro atoms. The van der Waals surface area contributed by atoms with E-state index in [9.17, 15) is 14.9 Å². The fraction of sp³-hybridized carbons (Fsp3) is 0.0769. The van der Waals surface area contributed by atoms with Crippen molar-refractivity contribution in [1.29, 1.82) is 0 Å². The second kappa shape index (κ2) is 4.98. The number of carboxylic acid groups (broad SMARTS) is 1. The van der Waals surface area contributed by atoms with Gasteiger partial charge >= 0.3 is 5.97 Å². The maximum atomic E-state index is 11.1. The lowest BCUT2D eigenvalue weighted by Gasteiger charge is -1.98. The molecule has 0 atom stereocenters. The number of aliphatic carboxylic acids is 1. The molecule has 0 aliphatic heterocycles. The molecule has 0 amide bonds. The van der Waals surface area contributed by atoms with Crippen LogP contribution < -0.4 is 0 Å². The van der Waals surface area contributed by atoms with Gasteiger partial charge in [-0.3, -0.25) is 19.3 Å². The normalized spacial score (nSPS) is 10.9. The highest BCUT2D eigenvalue weighted by atomic mass is 32.1. The van der Waals surface area contributed by atoms with Crippen LogP contribution in [0.1, 0.15) is 5.69 Å². The van der Waals surface area contributed by atoms with Crippen LogP contribution in [0, 0.1) is 10.1 Å². The lowest BCUT2D eigenvalue weighted by molar-refractivity contribution is -0.384. The predicted octanol–water partition coefficient (Wildman–Crippen LogP) is 2.60. The Morgan fingerprint density at radius 3 is 2.90 bits per heavy atom. The average Bonchev–Trinajstić information content (AvgIpc) is 3.00. The minimum absolute atomic E-state index is 0.0250. The SMILES string of the molecule is O=C(O)Cc1csc2nc(-c3ccccc3[N+](=O)[O-])cn12. The van der Waals surface area contributed by atoms with Crippen LogP contribution >= 0.6 is 11.3 Å². The van der Waals surface area contributed by atoms with Gasteiger partial charge in [0.05, 0.1) is 22.6 Å². The molecule has 0 saturated heterocycles. The number of nitro groups is 1. The highest BCUT2D eigenvalue weighted by Crippen LogP contribution is 2.30. The topological polar surface area (TPSA) is 97.7 Å². The van der Waals surface area contributed by atoms with Gasteiger partial charge in [0.15, 0.2) is 4.96 Å². The van der Waals surface area contributed by atoms with E-state index in [1.165, 1.54) is 17.4 Å². The summed E-state index contributed by atoms with van der Waals surface area (Å²) in [5, 5.41) is 21.6. The molecule has 106 valence electrons. The highest BCUT2D eigenvalue weighted by Gasteiger charge is 2.18. The molecule has 0 radical (unpaired) electrons. The Morgan fingerprint density at radius 2 is 2.19 bits per heavy atom. The van der Waals surface area contributed by atoms with E-state index >= 15 is 0 Å². The molecule has 0 aliphatic carbocycles. The van der Waals surface area contributed by atoms with Gasteiger partial charge in [-0.25, -0.2) is 4.98 Å². The van der Waals surface area contributed by atoms with E-state index in [2.05, 4.69) is 4.98 Å². The van der Waals surface area contributed by atoms with Gasteiger partial charge < -0.3 is 5.11 Å². The molecule has 1 aromatic carbocycles. The van der Waals surface area contributed by atoms with Crippen LogP contribution in [0.15, 0.2) is 35.8 Å². The van der Waals surface area contributed by atoms with E-state index in [-0.39, 0.29) is 12.1 Å². The number of imidazole rings is 1. The quantitative estimate of drug-likeness (QED) is 0.590. The third-order valence-electron chi connectivity index (χ3n) is 2.99. The standard InChI is InChI=1S/C13H9N3O4S/c17-12(18)5-8-7-21-13-14-10(6-15(8)13)9-3-1-2-4-11(9)16(19)20/h1-4,6-7H,5H2,(H,17,18). The number of thiazole rings is 1. The molecular formula is C13H9N3O4S. The van der Waals surface area contributed by atoms with Gasteiger partial charge in [0.2, 0.25) is 0 Å². The third kappa shape index (κ3) is 2.36. The summed E-state index contributed by atoms with van der Waals surface area (Å²) in [4.78, 5) is 26.4. The van der Waals surface area contributed by atoms with Crippen LogP contribution in [-0.2, 0) is 11.2 Å². The number of nitrogens with zero attached hydrogens (tertiary/aromatic N) is 3. The number of nitro benzene ring substituents is 1. The number of fused-ring (bicyclic) bond motifs is 1. The Kier molecular flexibility index (Phi) is 3.15. The van der Waals surface area contributed by atoms with Crippen LogP contribution in [0.2, 0.25) is 0 Å². The number of para-hydroxylation sites is 1. The molecule has 0 saturated carbocycles. The average molecular weight is 303 g/mol. The minimum Gasteiger partial charge on any atom is -0.481 e. The van der Waals surface area contributed by atoms with Crippen molar-refractivity contribution in [3.63, 3.8) is 0 Å². The zero-order valence-corrected chi connectivity index (χ0v) is 11.4. The Hall–Kier alpha value is -2.74. The summed E-state index contributed by atoms with van der Waals surface area (Å²) in [6.45, 7) is 0. The van der Waals surface area contributed by atoms with Gasteiger partial charge in [0, 0.05) is 23.3 Å². The number of hydrogen-bond acceptors (Lipinski definition) is 5. The maximum absolute atomic E-state index is 11.1. The van der Waals surface area contributed by atoms with Gasteiger partial charge in [-0.15, -0.1) is 11.3 Å². The Balaban J connectivity index is 2.12. The number of carboxylic acids is 1. The molecule has 0 unspecified atom stereocenters. The fourth-order valence-corrected chi connectivity index (χ4v) is 2.96. The van der Waals surface area contributed by atoms with Crippen LogP contribution in [0.5, 0.6) is 0 Å². The summed E-state index contributed by atoms with van der Waals surface area (Å²) in [6, 6.07) is 6.34. The molecule has 0 aliphatic rings. The first-order valence-electron chi connectivity index (χ1n) is 5.97. The number of rotatable bonds is 4. The molecule has 8 heteroatoms. The molecule has 2 heterocycles. The summed E-state index contributed by atoms with van der Waals surface area (Å²) < 4.78 is 1.66. The minimum atomic E-state index is -0.935. The lowest BCUT2D eigenvalue weighted by Crippen LogP contribution is -2.02. The Morgan fingerprint density at radius 1 is 1.43 bits per heavy atom. The highest BCUT2D eigenvalue weighted by molar-refractivity contribution is 7.15. The number of carbonyl (C=O) groups is 1. The van der Waals surface area contributed by atoms with Crippen LogP contribution in [0.3, 0.4) is 0 Å². The van der Waals surface area contributed by atoms with Crippen molar-refractivity contribution < 1.29 is 14.8 Å². The number of hydrogen-bond donors (Lipinski definition) is 1. The summed E-state index contributed by atoms with van der Waals surface area (Å²) in [5.41, 5.74) is 1.45. The predicted molar refractivity (Wildman–Crippen MR) is 76.5 cm³/mol. The van der Waals surface area contributed by atoms with Crippen molar-refractivity contribution in [3.8, 4) is 11.3 Å². The van der Waals surface area contributed by atoms with Crippen LogP contribution in [0.25, 0.3) is 16.2 Å². The first-order chi connectivity index (χ1) is 10.1. The van der Waals surface area contributed by atoms with Crippen LogP contribution in [-0.4, -0.2) is 25.4 Å². The molecule has 1 N–H and O–H groups in total. The molecule has 3 rings (SSSR count). The Labute approximate surface area is 122 Å². The van der Waals surface area contributed by atoms with Crippen molar-refractivity contribution in [2.45, 2.75) is 6.42 Å². The number of aromatic nitrogens is 2. The molecule has 2 aromatic heterocycles. The van der Waals surface area contributed by atoms with E-state index < -0.39 is 10.9 Å². The summed E-state index contributed by atoms with van der Waals surface area (Å²) in [5.74, 6) is -0.935. The van der Waals surface area contributed by atoms with Crippen molar-refractivity contribution in [2.24, 2.45) is 0 Å². The second-order valence-electron chi connectivity index (χ2n) is 4.35. The lowest BCUT2D eigenvalue weighted by atomic mass is 10.1. The van der Waals surface area contributed by atoms with Gasteiger partial charge in [-0.2, -0.15) is 0 Å². The fourth-order valence-electron chi connectivity index (χ4n) is 2.09. The van der Waals surface area contributed by atoms with Crippen molar-refractivity contribution >= 4 is 28.0 Å². The van der Waals surface area contributed by atoms with Gasteiger partial charge in [0.25, 0.3) is 5.69 Å². The summed E-state index contributed by atoms with van der Waals surface area (Å²) in [7, 11) is 0. The maximum Gasteiger partial charge on any atom is 0.309 e. The Bertz CT molecular complexity index is 852. The summed E-state index contributed by atoms with van der Waals surface area (Å²) in [6.07, 6.45) is 1.51. The van der Waals surface area contributed by atoms with Crippen molar-refractivity contribution in [1.82, 2.24) is 9.38 Å². The van der Waals surface area contributed by atoms with E-state index in [1.807, 2.05) is 0 Å². The second-order valence-corrected chi connectivity index (χ2v) is 5.19. The molecular weight excluding hydrogens is 294 g/mol. The zero-order valence-electron chi connectivity index (χ0n) is 10.6. The third-order valence-corrected chi connectivity index (χ3v) is 3.88. The molecule has 0 bridgehead atoms.